The Morgan fingerprint density at radius 2 is 2.11 bits per heavy atom. The van der Waals surface area contributed by atoms with Gasteiger partial charge in [-0.3, -0.25) is 4.90 Å². The quantitative estimate of drug-likeness (QED) is 0.739. The Morgan fingerprint density at radius 3 is 2.84 bits per heavy atom. The maximum Gasteiger partial charge on any atom is 0.125 e. The highest BCUT2D eigenvalue weighted by atomic mass is 16.5. The molecule has 2 rings (SSSR count). The van der Waals surface area contributed by atoms with Gasteiger partial charge in [0.2, 0.25) is 0 Å². The summed E-state index contributed by atoms with van der Waals surface area (Å²) in [6, 6.07) is 0.699. The molecule has 0 aliphatic carbocycles. The van der Waals surface area contributed by atoms with E-state index in [2.05, 4.69) is 14.9 Å². The van der Waals surface area contributed by atoms with E-state index in [-0.39, 0.29) is 0 Å². The Morgan fingerprint density at radius 1 is 1.32 bits per heavy atom. The number of likely N-dealkylation sites (tertiary alicyclic amines) is 1. The topological polar surface area (TPSA) is 38.2 Å². The molecule has 19 heavy (non-hydrogen) atoms. The van der Waals surface area contributed by atoms with E-state index in [4.69, 9.17) is 4.74 Å². The van der Waals surface area contributed by atoms with E-state index in [1.165, 1.54) is 37.8 Å². The molecule has 1 aromatic heterocycles. The van der Waals surface area contributed by atoms with E-state index in [0.717, 1.165) is 25.4 Å². The molecule has 1 fully saturated rings. The molecule has 2 heterocycles. The third-order valence-corrected chi connectivity index (χ3v) is 3.85. The summed E-state index contributed by atoms with van der Waals surface area (Å²) in [6.45, 7) is 4.99. The first kappa shape index (κ1) is 14.4. The molecule has 0 unspecified atom stereocenters. The van der Waals surface area contributed by atoms with Gasteiger partial charge in [0.1, 0.15) is 5.82 Å². The van der Waals surface area contributed by atoms with E-state index in [1.807, 2.05) is 19.3 Å². The Kier molecular flexibility index (Phi) is 5.73. The van der Waals surface area contributed by atoms with Crippen LogP contribution in [0.15, 0.2) is 12.4 Å². The monoisotopic (exact) mass is 263 g/mol. The molecule has 1 aliphatic heterocycles. The minimum Gasteiger partial charge on any atom is -0.385 e. The molecule has 1 aromatic rings. The van der Waals surface area contributed by atoms with Crippen LogP contribution in [0.5, 0.6) is 0 Å². The number of ether oxygens (including phenoxy) is 1. The van der Waals surface area contributed by atoms with Gasteiger partial charge in [-0.2, -0.15) is 0 Å². The standard InChI is InChI=1S/C15H25N3O/c1-13-16-10-14(11-17-13)12-18-8-4-3-6-15(18)7-5-9-19-2/h10-11,15H,3-9,12H2,1-2H3/t15-/m1/s1. The van der Waals surface area contributed by atoms with Crippen molar-refractivity contribution < 1.29 is 4.74 Å². The number of rotatable bonds is 6. The maximum absolute atomic E-state index is 5.16. The third-order valence-electron chi connectivity index (χ3n) is 3.85. The Balaban J connectivity index is 1.89. The minimum atomic E-state index is 0.699. The second-order valence-electron chi connectivity index (χ2n) is 5.39. The molecule has 0 aromatic carbocycles. The summed E-state index contributed by atoms with van der Waals surface area (Å²) >= 11 is 0. The lowest BCUT2D eigenvalue weighted by atomic mass is 9.97. The molecule has 4 nitrogen and oxygen atoms in total. The SMILES string of the molecule is COCCC[C@H]1CCCCN1Cc1cnc(C)nc1. The molecule has 0 N–H and O–H groups in total. The van der Waals surface area contributed by atoms with Crippen LogP contribution in [0.4, 0.5) is 0 Å². The summed E-state index contributed by atoms with van der Waals surface area (Å²) in [4.78, 5) is 11.2. The number of hydrogen-bond donors (Lipinski definition) is 0. The first-order chi connectivity index (χ1) is 9.29. The zero-order valence-corrected chi connectivity index (χ0v) is 12.1. The average Bonchev–Trinajstić information content (AvgIpc) is 2.43. The van der Waals surface area contributed by atoms with Crippen molar-refractivity contribution in [2.45, 2.75) is 51.6 Å². The van der Waals surface area contributed by atoms with Crippen LogP contribution in [-0.2, 0) is 11.3 Å². The van der Waals surface area contributed by atoms with Crippen molar-refractivity contribution in [2.24, 2.45) is 0 Å². The van der Waals surface area contributed by atoms with Gasteiger partial charge in [0.05, 0.1) is 0 Å². The first-order valence-corrected chi connectivity index (χ1v) is 7.30. The number of methoxy groups -OCH3 is 1. The molecule has 0 radical (unpaired) electrons. The zero-order valence-electron chi connectivity index (χ0n) is 12.1. The second-order valence-corrected chi connectivity index (χ2v) is 5.39. The fraction of sp³-hybridized carbons (Fsp3) is 0.733. The van der Waals surface area contributed by atoms with E-state index in [1.54, 1.807) is 7.11 Å². The predicted molar refractivity (Wildman–Crippen MR) is 75.9 cm³/mol. The van der Waals surface area contributed by atoms with Crippen LogP contribution in [-0.4, -0.2) is 41.2 Å². The largest absolute Gasteiger partial charge is 0.385 e. The summed E-state index contributed by atoms with van der Waals surface area (Å²) < 4.78 is 5.16. The fourth-order valence-electron chi connectivity index (χ4n) is 2.79. The molecular weight excluding hydrogens is 238 g/mol. The van der Waals surface area contributed by atoms with Gasteiger partial charge in [-0.05, 0) is 39.2 Å². The first-order valence-electron chi connectivity index (χ1n) is 7.30. The highest BCUT2D eigenvalue weighted by Crippen LogP contribution is 2.22. The molecule has 1 aliphatic rings. The van der Waals surface area contributed by atoms with Crippen LogP contribution in [0.2, 0.25) is 0 Å². The number of piperidine rings is 1. The van der Waals surface area contributed by atoms with Crippen molar-refractivity contribution in [1.29, 1.82) is 0 Å². The Hall–Kier alpha value is -1.00. The van der Waals surface area contributed by atoms with E-state index in [0.29, 0.717) is 6.04 Å². The molecule has 0 amide bonds. The predicted octanol–water partition coefficient (Wildman–Crippen LogP) is 2.57. The minimum absolute atomic E-state index is 0.699. The van der Waals surface area contributed by atoms with Crippen molar-refractivity contribution in [1.82, 2.24) is 14.9 Å². The summed E-state index contributed by atoms with van der Waals surface area (Å²) in [6.07, 6.45) is 10.3. The lowest BCUT2D eigenvalue weighted by Gasteiger charge is -2.35. The number of aromatic nitrogens is 2. The van der Waals surface area contributed by atoms with Gasteiger partial charge < -0.3 is 4.74 Å². The molecule has 1 atom stereocenters. The van der Waals surface area contributed by atoms with Gasteiger partial charge in [0.15, 0.2) is 0 Å². The van der Waals surface area contributed by atoms with Gasteiger partial charge in [0.25, 0.3) is 0 Å². The van der Waals surface area contributed by atoms with Crippen molar-refractivity contribution in [3.63, 3.8) is 0 Å². The summed E-state index contributed by atoms with van der Waals surface area (Å²) in [7, 11) is 1.78. The van der Waals surface area contributed by atoms with Gasteiger partial charge in [0, 0.05) is 44.3 Å². The Bertz CT molecular complexity index is 366. The summed E-state index contributed by atoms with van der Waals surface area (Å²) in [5.41, 5.74) is 1.23. The smallest absolute Gasteiger partial charge is 0.125 e. The highest BCUT2D eigenvalue weighted by molar-refractivity contribution is 5.05. The molecule has 1 saturated heterocycles. The van der Waals surface area contributed by atoms with Gasteiger partial charge in [-0.25, -0.2) is 9.97 Å². The van der Waals surface area contributed by atoms with Gasteiger partial charge in [-0.15, -0.1) is 0 Å². The van der Waals surface area contributed by atoms with E-state index >= 15 is 0 Å². The van der Waals surface area contributed by atoms with Crippen LogP contribution in [0, 0.1) is 6.92 Å². The lowest BCUT2D eigenvalue weighted by Crippen LogP contribution is -2.39. The van der Waals surface area contributed by atoms with Crippen LogP contribution in [0.1, 0.15) is 43.5 Å². The average molecular weight is 263 g/mol. The molecule has 0 saturated carbocycles. The zero-order chi connectivity index (χ0) is 13.5. The number of aryl methyl sites for hydroxylation is 1. The Labute approximate surface area is 116 Å². The number of hydrogen-bond acceptors (Lipinski definition) is 4. The van der Waals surface area contributed by atoms with Crippen molar-refractivity contribution in [3.05, 3.63) is 23.8 Å². The third kappa shape index (κ3) is 4.55. The molecule has 0 spiro atoms. The molecule has 0 bridgehead atoms. The van der Waals surface area contributed by atoms with Gasteiger partial charge >= 0.3 is 0 Å². The second kappa shape index (κ2) is 7.56. The van der Waals surface area contributed by atoms with Crippen LogP contribution >= 0.6 is 0 Å². The van der Waals surface area contributed by atoms with Crippen LogP contribution in [0.25, 0.3) is 0 Å². The van der Waals surface area contributed by atoms with Gasteiger partial charge in [-0.1, -0.05) is 6.42 Å². The normalized spacial score (nSPS) is 20.6. The van der Waals surface area contributed by atoms with Crippen LogP contribution < -0.4 is 0 Å². The highest BCUT2D eigenvalue weighted by Gasteiger charge is 2.22. The van der Waals surface area contributed by atoms with Crippen LogP contribution in [0.3, 0.4) is 0 Å². The lowest BCUT2D eigenvalue weighted by molar-refractivity contribution is 0.116. The molecular formula is C15H25N3O. The number of nitrogens with zero attached hydrogens (tertiary/aromatic N) is 3. The van der Waals surface area contributed by atoms with E-state index in [9.17, 15) is 0 Å². The fourth-order valence-corrected chi connectivity index (χ4v) is 2.79. The maximum atomic E-state index is 5.16. The summed E-state index contributed by atoms with van der Waals surface area (Å²) in [5.74, 6) is 0.846. The van der Waals surface area contributed by atoms with Crippen molar-refractivity contribution in [2.75, 3.05) is 20.3 Å². The van der Waals surface area contributed by atoms with E-state index < -0.39 is 0 Å². The molecule has 4 heteroatoms. The van der Waals surface area contributed by atoms with Crippen molar-refractivity contribution >= 4 is 0 Å². The van der Waals surface area contributed by atoms with Crippen molar-refractivity contribution in [3.8, 4) is 0 Å². The molecule has 106 valence electrons. The summed E-state index contributed by atoms with van der Waals surface area (Å²) in [5, 5.41) is 0.